The van der Waals surface area contributed by atoms with Crippen molar-refractivity contribution in [3.8, 4) is 5.75 Å². The molecular formula is C22H26FN5O2S. The molecule has 0 aliphatic carbocycles. The van der Waals surface area contributed by atoms with Gasteiger partial charge in [0.2, 0.25) is 0 Å². The molecule has 1 aromatic carbocycles. The summed E-state index contributed by atoms with van der Waals surface area (Å²) in [5, 5.41) is 15.4. The monoisotopic (exact) mass is 443 g/mol. The van der Waals surface area contributed by atoms with Crippen molar-refractivity contribution in [3.05, 3.63) is 54.1 Å². The van der Waals surface area contributed by atoms with E-state index < -0.39 is 26.5 Å². The van der Waals surface area contributed by atoms with Crippen LogP contribution in [0.25, 0.3) is 10.9 Å². The van der Waals surface area contributed by atoms with Crippen LogP contribution in [0.15, 0.2) is 42.7 Å². The average Bonchev–Trinajstić information content (AvgIpc) is 2.73. The van der Waals surface area contributed by atoms with E-state index in [-0.39, 0.29) is 11.6 Å². The maximum atomic E-state index is 14.7. The number of pyridine rings is 2. The van der Waals surface area contributed by atoms with Gasteiger partial charge in [0, 0.05) is 28.6 Å². The second kappa shape index (κ2) is 7.56. The minimum Gasteiger partial charge on any atom is -0.495 e. The second-order valence-electron chi connectivity index (χ2n) is 8.38. The van der Waals surface area contributed by atoms with Gasteiger partial charge in [-0.1, -0.05) is 9.93 Å². The molecule has 3 heterocycles. The lowest BCUT2D eigenvalue weighted by Crippen LogP contribution is -2.59. The molecule has 1 aliphatic heterocycles. The lowest BCUT2D eigenvalue weighted by molar-refractivity contribution is 0.414. The Bertz CT molecular complexity index is 1230. The van der Waals surface area contributed by atoms with Crippen LogP contribution in [0.1, 0.15) is 25.5 Å². The summed E-state index contributed by atoms with van der Waals surface area (Å²) in [4.78, 5) is 8.80. The molecule has 0 spiro atoms. The molecule has 164 valence electrons. The zero-order chi connectivity index (χ0) is 22.4. The first-order chi connectivity index (χ1) is 14.6. The van der Waals surface area contributed by atoms with E-state index in [1.54, 1.807) is 51.7 Å². The number of fused-ring (bicyclic) bond motifs is 1. The Morgan fingerprint density at radius 3 is 2.77 bits per heavy atom. The van der Waals surface area contributed by atoms with Gasteiger partial charge in [0.05, 0.1) is 24.1 Å². The summed E-state index contributed by atoms with van der Waals surface area (Å²) in [5.74, 6) is 1.21. The molecule has 1 saturated heterocycles. The number of benzene rings is 1. The highest BCUT2D eigenvalue weighted by Crippen LogP contribution is 2.35. The third kappa shape index (κ3) is 3.74. The summed E-state index contributed by atoms with van der Waals surface area (Å²) in [7, 11) is -1.14. The number of nitrogens with zero attached hydrogens (tertiary/aromatic N) is 2. The van der Waals surface area contributed by atoms with Crippen molar-refractivity contribution in [3.63, 3.8) is 0 Å². The number of nitrogens with one attached hydrogen (secondary N) is 3. The van der Waals surface area contributed by atoms with E-state index in [0.29, 0.717) is 28.3 Å². The number of hydrogen-bond acceptors (Lipinski definition) is 6. The molecule has 4 rings (SSSR count). The molecule has 1 unspecified atom stereocenters. The number of amidine groups is 1. The van der Waals surface area contributed by atoms with Crippen molar-refractivity contribution in [2.24, 2.45) is 0 Å². The Labute approximate surface area is 181 Å². The Hall–Kier alpha value is -3.07. The van der Waals surface area contributed by atoms with Gasteiger partial charge >= 0.3 is 0 Å². The van der Waals surface area contributed by atoms with E-state index in [2.05, 4.69) is 20.6 Å². The van der Waals surface area contributed by atoms with Crippen LogP contribution in [-0.2, 0) is 9.93 Å². The Balaban J connectivity index is 1.67. The molecule has 9 heteroatoms. The van der Waals surface area contributed by atoms with E-state index >= 15 is 0 Å². The van der Waals surface area contributed by atoms with Gasteiger partial charge in [-0.3, -0.25) is 9.62 Å². The van der Waals surface area contributed by atoms with Gasteiger partial charge in [-0.05, 0) is 50.4 Å². The Morgan fingerprint density at radius 1 is 1.29 bits per heavy atom. The number of rotatable bonds is 4. The molecule has 7 nitrogen and oxygen atoms in total. The molecule has 1 aliphatic rings. The summed E-state index contributed by atoms with van der Waals surface area (Å²) >= 11 is 0. The van der Waals surface area contributed by atoms with Gasteiger partial charge in [0.1, 0.15) is 22.9 Å². The van der Waals surface area contributed by atoms with Gasteiger partial charge in [0.15, 0.2) is 5.82 Å². The van der Waals surface area contributed by atoms with Gasteiger partial charge < -0.3 is 15.4 Å². The molecule has 0 radical (unpaired) electrons. The molecule has 1 atom stereocenters. The van der Waals surface area contributed by atoms with Crippen LogP contribution < -0.4 is 15.4 Å². The lowest BCUT2D eigenvalue weighted by atomic mass is 10.0. The minimum atomic E-state index is -2.72. The van der Waals surface area contributed by atoms with E-state index in [4.69, 9.17) is 10.1 Å². The van der Waals surface area contributed by atoms with Crippen LogP contribution in [0.4, 0.5) is 15.9 Å². The Morgan fingerprint density at radius 2 is 2.06 bits per heavy atom. The number of ether oxygens (including phenoxy) is 1. The van der Waals surface area contributed by atoms with Crippen LogP contribution in [-0.4, -0.2) is 43.9 Å². The molecule has 31 heavy (non-hydrogen) atoms. The number of anilines is 2. The quantitative estimate of drug-likeness (QED) is 0.460. The van der Waals surface area contributed by atoms with Gasteiger partial charge in [0.25, 0.3) is 0 Å². The number of methoxy groups -OCH3 is 1. The molecule has 0 saturated carbocycles. The standard InChI is InChI=1S/C22H26FN5O2S/c1-22(2)21(24)28-18(12-31(22,4)29)16-10-14(5-6-17(16)23)27-20-19-13(7-8-25-20)9-15(30-3)11-26-19/h5-11,18,31H,12H2,1-4H3,(H2,24,28)(H,25,27). The first-order valence-corrected chi connectivity index (χ1v) is 12.2. The molecule has 3 aromatic rings. The molecule has 0 bridgehead atoms. The van der Waals surface area contributed by atoms with E-state index in [1.807, 2.05) is 12.1 Å². The van der Waals surface area contributed by atoms with Crippen LogP contribution in [0, 0.1) is 11.2 Å². The highest BCUT2D eigenvalue weighted by Gasteiger charge is 2.43. The average molecular weight is 444 g/mol. The third-order valence-electron chi connectivity index (χ3n) is 6.09. The summed E-state index contributed by atoms with van der Waals surface area (Å²) in [6.07, 6.45) is 4.97. The maximum absolute atomic E-state index is 14.7. The highest BCUT2D eigenvalue weighted by molar-refractivity contribution is 8.04. The number of halogens is 1. The third-order valence-corrected chi connectivity index (χ3v) is 9.74. The smallest absolute Gasteiger partial charge is 0.156 e. The zero-order valence-electron chi connectivity index (χ0n) is 17.9. The van der Waals surface area contributed by atoms with Crippen molar-refractivity contribution in [2.75, 3.05) is 24.4 Å². The number of aromatic nitrogens is 2. The van der Waals surface area contributed by atoms with Crippen molar-refractivity contribution >= 4 is 38.2 Å². The molecule has 2 aromatic heterocycles. The summed E-state index contributed by atoms with van der Waals surface area (Å²) in [6, 6.07) is 7.81. The SMILES string of the molecule is COc1cnc2c(Nc3ccc(F)c(C4C[SH](C)(=O)C(C)(C)C(=N)N4)c3)nccc2c1. The topological polar surface area (TPSA) is 100.0 Å². The van der Waals surface area contributed by atoms with E-state index in [1.165, 1.54) is 6.07 Å². The summed E-state index contributed by atoms with van der Waals surface area (Å²) in [5.41, 5.74) is 1.65. The molecule has 3 N–H and O–H groups in total. The van der Waals surface area contributed by atoms with Crippen LogP contribution in [0.5, 0.6) is 5.75 Å². The molecule has 1 fully saturated rings. The fraction of sp³-hybridized carbons (Fsp3) is 0.318. The van der Waals surface area contributed by atoms with Crippen LogP contribution in [0.2, 0.25) is 0 Å². The molecular weight excluding hydrogens is 417 g/mol. The Kier molecular flexibility index (Phi) is 5.17. The number of hydrogen-bond donors (Lipinski definition) is 4. The number of thiol groups is 1. The molecule has 0 amide bonds. The largest absolute Gasteiger partial charge is 0.495 e. The predicted octanol–water partition coefficient (Wildman–Crippen LogP) is 3.57. The van der Waals surface area contributed by atoms with E-state index in [9.17, 15) is 8.60 Å². The zero-order valence-corrected chi connectivity index (χ0v) is 18.8. The van der Waals surface area contributed by atoms with Crippen molar-refractivity contribution in [1.82, 2.24) is 15.3 Å². The van der Waals surface area contributed by atoms with Crippen molar-refractivity contribution in [2.45, 2.75) is 24.6 Å². The predicted molar refractivity (Wildman–Crippen MR) is 124 cm³/mol. The van der Waals surface area contributed by atoms with Gasteiger partial charge in [-0.25, -0.2) is 14.4 Å². The van der Waals surface area contributed by atoms with Crippen LogP contribution >= 0.6 is 0 Å². The first kappa shape index (κ1) is 21.2. The summed E-state index contributed by atoms with van der Waals surface area (Å²) in [6.45, 7) is 3.59. The normalized spacial score (nSPS) is 20.7. The maximum Gasteiger partial charge on any atom is 0.156 e. The van der Waals surface area contributed by atoms with Gasteiger partial charge in [-0.2, -0.15) is 0 Å². The lowest BCUT2D eigenvalue weighted by Gasteiger charge is -2.45. The fourth-order valence-electron chi connectivity index (χ4n) is 3.65. The highest BCUT2D eigenvalue weighted by atomic mass is 32.2. The van der Waals surface area contributed by atoms with Crippen molar-refractivity contribution < 1.29 is 13.3 Å². The first-order valence-electron chi connectivity index (χ1n) is 9.90. The summed E-state index contributed by atoms with van der Waals surface area (Å²) < 4.78 is 32.4. The van der Waals surface area contributed by atoms with Crippen molar-refractivity contribution in [1.29, 1.82) is 5.41 Å². The van der Waals surface area contributed by atoms with E-state index in [0.717, 1.165) is 5.39 Å². The second-order valence-corrected chi connectivity index (χ2v) is 12.1. The minimum absolute atomic E-state index is 0.168. The fourth-order valence-corrected chi connectivity index (χ4v) is 5.63. The van der Waals surface area contributed by atoms with Crippen LogP contribution in [0.3, 0.4) is 0 Å². The van der Waals surface area contributed by atoms with Gasteiger partial charge in [-0.15, -0.1) is 0 Å².